The lowest BCUT2D eigenvalue weighted by atomic mass is 10.0. The molecule has 1 atom stereocenters. The van der Waals surface area contributed by atoms with Gasteiger partial charge in [-0.1, -0.05) is 26.0 Å². The van der Waals surface area contributed by atoms with Crippen LogP contribution in [0.25, 0.3) is 0 Å². The summed E-state index contributed by atoms with van der Waals surface area (Å²) in [6.45, 7) is 3.65. The number of rotatable bonds is 5. The van der Waals surface area contributed by atoms with Gasteiger partial charge in [-0.3, -0.25) is 9.52 Å². The fourth-order valence-corrected chi connectivity index (χ4v) is 3.39. The van der Waals surface area contributed by atoms with Gasteiger partial charge in [0, 0.05) is 18.0 Å². The molecule has 7 nitrogen and oxygen atoms in total. The molecule has 1 aromatic carbocycles. The zero-order chi connectivity index (χ0) is 18.9. The van der Waals surface area contributed by atoms with Gasteiger partial charge >= 0.3 is 0 Å². The van der Waals surface area contributed by atoms with E-state index >= 15 is 0 Å². The highest BCUT2D eigenvalue weighted by atomic mass is 32.2. The molecule has 0 radical (unpaired) electrons. The van der Waals surface area contributed by atoms with Crippen LogP contribution in [0, 0.1) is 5.92 Å². The zero-order valence-corrected chi connectivity index (χ0v) is 15.7. The number of nitrogens with one attached hydrogen (secondary N) is 1. The fraction of sp³-hybridized carbons (Fsp3) is 0.333. The first kappa shape index (κ1) is 18.2. The lowest BCUT2D eigenvalue weighted by Crippen LogP contribution is -2.30. The van der Waals surface area contributed by atoms with E-state index < -0.39 is 10.0 Å². The number of hydrazone groups is 1. The highest BCUT2D eigenvalue weighted by Gasteiger charge is 2.35. The molecule has 3 rings (SSSR count). The molecule has 1 amide bonds. The maximum Gasteiger partial charge on any atom is 0.245 e. The van der Waals surface area contributed by atoms with Gasteiger partial charge in [-0.25, -0.2) is 13.4 Å². The van der Waals surface area contributed by atoms with Crippen LogP contribution in [-0.4, -0.2) is 31.3 Å². The quantitative estimate of drug-likeness (QED) is 0.869. The van der Waals surface area contributed by atoms with Gasteiger partial charge in [-0.05, 0) is 29.8 Å². The molecule has 138 valence electrons. The Morgan fingerprint density at radius 1 is 1.31 bits per heavy atom. The summed E-state index contributed by atoms with van der Waals surface area (Å²) in [6.07, 6.45) is 3.17. The maximum atomic E-state index is 12.6. The van der Waals surface area contributed by atoms with Crippen LogP contribution in [0.2, 0.25) is 0 Å². The van der Waals surface area contributed by atoms with Crippen molar-refractivity contribution in [2.45, 2.75) is 26.3 Å². The first-order chi connectivity index (χ1) is 12.2. The topological polar surface area (TPSA) is 92.0 Å². The summed E-state index contributed by atoms with van der Waals surface area (Å²) in [5.74, 6) is 0.378. The van der Waals surface area contributed by atoms with Crippen LogP contribution < -0.4 is 4.72 Å². The molecule has 8 heteroatoms. The van der Waals surface area contributed by atoms with E-state index in [1.54, 1.807) is 30.5 Å². The number of carbonyl (C=O) groups is 1. The molecular formula is C18H21N3O4S. The van der Waals surface area contributed by atoms with Crippen molar-refractivity contribution in [2.24, 2.45) is 11.0 Å². The first-order valence-corrected chi connectivity index (χ1v) is 10.2. The summed E-state index contributed by atoms with van der Waals surface area (Å²) in [5, 5.41) is 5.99. The molecule has 2 heterocycles. The Kier molecular flexibility index (Phi) is 4.86. The molecule has 0 fully saturated rings. The number of benzene rings is 1. The number of nitrogens with zero attached hydrogens (tertiary/aromatic N) is 2. The van der Waals surface area contributed by atoms with Gasteiger partial charge in [-0.2, -0.15) is 5.10 Å². The minimum atomic E-state index is -3.37. The summed E-state index contributed by atoms with van der Waals surface area (Å²) in [7, 11) is -3.37. The average molecular weight is 375 g/mol. The van der Waals surface area contributed by atoms with Crippen molar-refractivity contribution in [1.29, 1.82) is 0 Å². The molecular weight excluding hydrogens is 354 g/mol. The minimum absolute atomic E-state index is 0.0909. The molecule has 1 aliphatic rings. The van der Waals surface area contributed by atoms with Crippen LogP contribution in [0.3, 0.4) is 0 Å². The van der Waals surface area contributed by atoms with Gasteiger partial charge in [-0.15, -0.1) is 0 Å². The van der Waals surface area contributed by atoms with Crippen LogP contribution in [0.15, 0.2) is 52.2 Å². The maximum absolute atomic E-state index is 12.6. The van der Waals surface area contributed by atoms with Crippen molar-refractivity contribution in [3.8, 4) is 0 Å². The van der Waals surface area contributed by atoms with Gasteiger partial charge in [0.15, 0.2) is 0 Å². The predicted molar refractivity (Wildman–Crippen MR) is 99.2 cm³/mol. The largest absolute Gasteiger partial charge is 0.467 e. The fourth-order valence-electron chi connectivity index (χ4n) is 2.83. The lowest BCUT2D eigenvalue weighted by molar-refractivity contribution is -0.136. The second kappa shape index (κ2) is 6.95. The van der Waals surface area contributed by atoms with Crippen LogP contribution in [0.5, 0.6) is 0 Å². The molecule has 1 N–H and O–H groups in total. The monoisotopic (exact) mass is 375 g/mol. The average Bonchev–Trinajstić information content (AvgIpc) is 3.22. The van der Waals surface area contributed by atoms with E-state index in [0.29, 0.717) is 23.6 Å². The van der Waals surface area contributed by atoms with Gasteiger partial charge in [0.25, 0.3) is 0 Å². The molecule has 0 bridgehead atoms. The summed E-state index contributed by atoms with van der Waals surface area (Å²) >= 11 is 0. The Labute approximate surface area is 152 Å². The van der Waals surface area contributed by atoms with Gasteiger partial charge < -0.3 is 4.42 Å². The van der Waals surface area contributed by atoms with Crippen LogP contribution in [0.1, 0.15) is 37.6 Å². The van der Waals surface area contributed by atoms with E-state index in [2.05, 4.69) is 9.82 Å². The number of carbonyl (C=O) groups excluding carboxylic acids is 1. The molecule has 1 aromatic heterocycles. The number of sulfonamides is 1. The van der Waals surface area contributed by atoms with Crippen molar-refractivity contribution in [2.75, 3.05) is 11.0 Å². The molecule has 0 spiro atoms. The minimum Gasteiger partial charge on any atom is -0.467 e. The van der Waals surface area contributed by atoms with Crippen molar-refractivity contribution in [3.63, 3.8) is 0 Å². The van der Waals surface area contributed by atoms with Crippen molar-refractivity contribution >= 4 is 27.3 Å². The van der Waals surface area contributed by atoms with Gasteiger partial charge in [0.2, 0.25) is 15.9 Å². The number of anilines is 1. The number of amides is 1. The van der Waals surface area contributed by atoms with Crippen LogP contribution in [0.4, 0.5) is 5.69 Å². The number of hydrogen-bond donors (Lipinski definition) is 1. The smallest absolute Gasteiger partial charge is 0.245 e. The molecule has 2 aromatic rings. The van der Waals surface area contributed by atoms with Crippen molar-refractivity contribution in [3.05, 3.63) is 54.0 Å². The Morgan fingerprint density at radius 2 is 2.08 bits per heavy atom. The third kappa shape index (κ3) is 3.96. The van der Waals surface area contributed by atoms with E-state index in [9.17, 15) is 13.2 Å². The van der Waals surface area contributed by atoms with Crippen molar-refractivity contribution in [1.82, 2.24) is 5.01 Å². The summed E-state index contributed by atoms with van der Waals surface area (Å²) in [6, 6.07) is 10.3. The third-order valence-corrected chi connectivity index (χ3v) is 4.61. The normalized spacial score (nSPS) is 17.5. The van der Waals surface area contributed by atoms with E-state index in [-0.39, 0.29) is 17.9 Å². The van der Waals surface area contributed by atoms with E-state index in [4.69, 9.17) is 4.42 Å². The summed E-state index contributed by atoms with van der Waals surface area (Å²) in [4.78, 5) is 12.6. The van der Waals surface area contributed by atoms with Crippen LogP contribution >= 0.6 is 0 Å². The van der Waals surface area contributed by atoms with E-state index in [1.165, 1.54) is 5.01 Å². The summed E-state index contributed by atoms with van der Waals surface area (Å²) < 4.78 is 30.8. The molecule has 1 aliphatic heterocycles. The molecule has 0 aliphatic carbocycles. The van der Waals surface area contributed by atoms with E-state index in [0.717, 1.165) is 11.8 Å². The predicted octanol–water partition coefficient (Wildman–Crippen LogP) is 2.98. The lowest BCUT2D eigenvalue weighted by Gasteiger charge is -2.21. The number of furan rings is 1. The molecule has 0 unspecified atom stereocenters. The second-order valence-electron chi connectivity index (χ2n) is 6.57. The Hall–Kier alpha value is -2.61. The Bertz CT molecular complexity index is 933. The van der Waals surface area contributed by atoms with Crippen LogP contribution in [-0.2, 0) is 14.8 Å². The van der Waals surface area contributed by atoms with Crippen molar-refractivity contribution < 1.29 is 17.6 Å². The molecule has 0 saturated heterocycles. The highest BCUT2D eigenvalue weighted by Crippen LogP contribution is 2.34. The van der Waals surface area contributed by atoms with Gasteiger partial charge in [0.1, 0.15) is 11.8 Å². The second-order valence-corrected chi connectivity index (χ2v) is 8.32. The highest BCUT2D eigenvalue weighted by molar-refractivity contribution is 7.92. The number of hydrogen-bond acceptors (Lipinski definition) is 5. The SMILES string of the molecule is CC(C)C(=O)N1N=C(c2cccc(NS(C)(=O)=O)c2)C[C@@H]1c1ccco1. The first-order valence-electron chi connectivity index (χ1n) is 8.27. The van der Waals surface area contributed by atoms with Gasteiger partial charge in [0.05, 0.1) is 18.2 Å². The molecule has 0 saturated carbocycles. The molecule has 26 heavy (non-hydrogen) atoms. The zero-order valence-electron chi connectivity index (χ0n) is 14.8. The summed E-state index contributed by atoms with van der Waals surface area (Å²) in [5.41, 5.74) is 1.92. The van der Waals surface area contributed by atoms with E-state index in [1.807, 2.05) is 26.0 Å². The Morgan fingerprint density at radius 3 is 2.69 bits per heavy atom. The standard InChI is InChI=1S/C18H21N3O4S/c1-12(2)18(22)21-16(17-8-5-9-25-17)11-15(19-21)13-6-4-7-14(10-13)20-26(3,23)24/h4-10,12,16,20H,11H2,1-3H3/t16-/m1/s1. The Balaban J connectivity index is 1.94. The third-order valence-electron chi connectivity index (χ3n) is 4.00.